The van der Waals surface area contributed by atoms with Crippen LogP contribution >= 0.6 is 11.3 Å². The molecule has 5 aromatic rings. The van der Waals surface area contributed by atoms with Crippen LogP contribution in [0, 0.1) is 13.8 Å². The fourth-order valence-corrected chi connectivity index (χ4v) is 4.83. The quantitative estimate of drug-likeness (QED) is 0.230. The number of pyridine rings is 2. The molecule has 0 radical (unpaired) electrons. The highest BCUT2D eigenvalue weighted by Crippen LogP contribution is 2.38. The molecular weight excluding hydrogens is 452 g/mol. The fraction of sp³-hybridized carbons (Fsp3) is 0.0714. The standard InChI is InChI=1S/C28H22N6S/c1-19-17-21(31-33-27-7-3-5-15-29-27)9-11-23(19)25-13-14-26(35-25)24-12-10-22(18-20(24)2)32-34-28-8-4-6-16-30-28/h3-18H,1-2H3/b33-31+,34-32+. The lowest BCUT2D eigenvalue weighted by atomic mass is 10.1. The molecule has 170 valence electrons. The Kier molecular flexibility index (Phi) is 6.59. The lowest BCUT2D eigenvalue weighted by molar-refractivity contribution is 1.15. The molecule has 3 heterocycles. The predicted octanol–water partition coefficient (Wildman–Crippen LogP) is 9.32. The number of thiophene rings is 1. The minimum absolute atomic E-state index is 0.594. The average Bonchev–Trinajstić information content (AvgIpc) is 3.37. The van der Waals surface area contributed by atoms with Crippen molar-refractivity contribution >= 4 is 34.3 Å². The van der Waals surface area contributed by atoms with E-state index in [1.165, 1.54) is 20.9 Å². The maximum absolute atomic E-state index is 4.32. The van der Waals surface area contributed by atoms with Crippen molar-refractivity contribution in [1.29, 1.82) is 0 Å². The maximum atomic E-state index is 4.32. The second-order valence-corrected chi connectivity index (χ2v) is 9.02. The molecule has 35 heavy (non-hydrogen) atoms. The van der Waals surface area contributed by atoms with E-state index in [1.54, 1.807) is 23.7 Å². The van der Waals surface area contributed by atoms with E-state index >= 15 is 0 Å². The highest BCUT2D eigenvalue weighted by Gasteiger charge is 2.10. The van der Waals surface area contributed by atoms with Gasteiger partial charge < -0.3 is 0 Å². The molecule has 5 rings (SSSR count). The van der Waals surface area contributed by atoms with Gasteiger partial charge >= 0.3 is 0 Å². The smallest absolute Gasteiger partial charge is 0.174 e. The van der Waals surface area contributed by atoms with Gasteiger partial charge in [-0.3, -0.25) is 0 Å². The van der Waals surface area contributed by atoms with Gasteiger partial charge in [0.15, 0.2) is 11.6 Å². The van der Waals surface area contributed by atoms with Gasteiger partial charge in [0.25, 0.3) is 0 Å². The van der Waals surface area contributed by atoms with Crippen molar-refractivity contribution in [2.24, 2.45) is 20.5 Å². The normalized spacial score (nSPS) is 11.5. The van der Waals surface area contributed by atoms with Crippen LogP contribution < -0.4 is 0 Å². The molecule has 3 aromatic heterocycles. The van der Waals surface area contributed by atoms with Gasteiger partial charge in [0.05, 0.1) is 11.4 Å². The number of aryl methyl sites for hydroxylation is 2. The largest absolute Gasteiger partial charge is 0.236 e. The molecule has 0 aliphatic heterocycles. The number of hydrogen-bond donors (Lipinski definition) is 0. The van der Waals surface area contributed by atoms with Crippen molar-refractivity contribution in [2.75, 3.05) is 0 Å². The zero-order valence-electron chi connectivity index (χ0n) is 19.3. The molecular formula is C28H22N6S. The van der Waals surface area contributed by atoms with Gasteiger partial charge in [-0.1, -0.05) is 24.3 Å². The van der Waals surface area contributed by atoms with Gasteiger partial charge in [-0.25, -0.2) is 9.97 Å². The van der Waals surface area contributed by atoms with E-state index in [0.29, 0.717) is 11.6 Å². The maximum Gasteiger partial charge on any atom is 0.174 e. The molecule has 7 heteroatoms. The summed E-state index contributed by atoms with van der Waals surface area (Å²) in [5.74, 6) is 1.19. The topological polar surface area (TPSA) is 75.2 Å². The molecule has 0 spiro atoms. The Hall–Kier alpha value is -4.36. The first kappa shape index (κ1) is 22.4. The molecule has 0 saturated heterocycles. The molecule has 0 saturated carbocycles. The SMILES string of the molecule is Cc1cc(/N=N/c2ccccn2)ccc1-c1ccc(-c2ccc(/N=N/c3ccccn3)cc2C)s1. The summed E-state index contributed by atoms with van der Waals surface area (Å²) in [6.07, 6.45) is 3.41. The van der Waals surface area contributed by atoms with Crippen molar-refractivity contribution in [3.63, 3.8) is 0 Å². The third-order valence-electron chi connectivity index (χ3n) is 5.39. The Bertz CT molecular complexity index is 1390. The van der Waals surface area contributed by atoms with E-state index in [2.05, 4.69) is 68.5 Å². The number of rotatable bonds is 6. The summed E-state index contributed by atoms with van der Waals surface area (Å²) >= 11 is 1.77. The Morgan fingerprint density at radius 1 is 0.543 bits per heavy atom. The lowest BCUT2D eigenvalue weighted by Gasteiger charge is -2.05. The van der Waals surface area contributed by atoms with Crippen LogP contribution in [0.3, 0.4) is 0 Å². The molecule has 0 fully saturated rings. The van der Waals surface area contributed by atoms with Crippen LogP contribution in [0.25, 0.3) is 20.9 Å². The zero-order chi connectivity index (χ0) is 24.0. The Balaban J connectivity index is 1.34. The van der Waals surface area contributed by atoms with Gasteiger partial charge in [-0.05, 0) is 96.8 Å². The third-order valence-corrected chi connectivity index (χ3v) is 6.54. The summed E-state index contributed by atoms with van der Waals surface area (Å²) in [5, 5.41) is 17.1. The van der Waals surface area contributed by atoms with Crippen LogP contribution in [0.4, 0.5) is 23.0 Å². The van der Waals surface area contributed by atoms with Crippen molar-refractivity contribution in [2.45, 2.75) is 13.8 Å². The van der Waals surface area contributed by atoms with Crippen LogP contribution in [0.2, 0.25) is 0 Å². The van der Waals surface area contributed by atoms with Gasteiger partial charge in [0.2, 0.25) is 0 Å². The zero-order valence-corrected chi connectivity index (χ0v) is 20.1. The number of hydrogen-bond acceptors (Lipinski definition) is 7. The fourth-order valence-electron chi connectivity index (χ4n) is 3.64. The molecule has 0 aliphatic rings. The van der Waals surface area contributed by atoms with Crippen molar-refractivity contribution in [3.8, 4) is 20.9 Å². The van der Waals surface area contributed by atoms with Crippen LogP contribution in [0.5, 0.6) is 0 Å². The minimum Gasteiger partial charge on any atom is -0.236 e. The van der Waals surface area contributed by atoms with Crippen molar-refractivity contribution < 1.29 is 0 Å². The van der Waals surface area contributed by atoms with Crippen molar-refractivity contribution in [1.82, 2.24) is 9.97 Å². The molecule has 0 aliphatic carbocycles. The molecule has 0 atom stereocenters. The molecule has 0 amide bonds. The highest BCUT2D eigenvalue weighted by atomic mass is 32.1. The predicted molar refractivity (Wildman–Crippen MR) is 141 cm³/mol. The second kappa shape index (κ2) is 10.3. The lowest BCUT2D eigenvalue weighted by Crippen LogP contribution is -1.80. The first-order valence-electron chi connectivity index (χ1n) is 11.1. The van der Waals surface area contributed by atoms with Crippen LogP contribution in [0.15, 0.2) is 118 Å². The number of azo groups is 2. The molecule has 6 nitrogen and oxygen atoms in total. The monoisotopic (exact) mass is 474 g/mol. The van der Waals surface area contributed by atoms with Crippen LogP contribution in [0.1, 0.15) is 11.1 Å². The molecule has 0 bridgehead atoms. The van der Waals surface area contributed by atoms with E-state index in [-0.39, 0.29) is 0 Å². The van der Waals surface area contributed by atoms with E-state index in [4.69, 9.17) is 0 Å². The van der Waals surface area contributed by atoms with Crippen LogP contribution in [-0.4, -0.2) is 9.97 Å². The number of nitrogens with zero attached hydrogens (tertiary/aromatic N) is 6. The Labute approximate surface area is 207 Å². The highest BCUT2D eigenvalue weighted by molar-refractivity contribution is 7.18. The average molecular weight is 475 g/mol. The van der Waals surface area contributed by atoms with Crippen molar-refractivity contribution in [3.05, 3.63) is 108 Å². The van der Waals surface area contributed by atoms with Crippen LogP contribution in [-0.2, 0) is 0 Å². The van der Waals surface area contributed by atoms with E-state index in [1.807, 2.05) is 60.7 Å². The minimum atomic E-state index is 0.594. The van der Waals surface area contributed by atoms with E-state index in [9.17, 15) is 0 Å². The van der Waals surface area contributed by atoms with Gasteiger partial charge in [-0.2, -0.15) is 0 Å². The summed E-state index contributed by atoms with van der Waals surface area (Å²) in [6, 6.07) is 27.8. The number of benzene rings is 2. The summed E-state index contributed by atoms with van der Waals surface area (Å²) in [4.78, 5) is 10.8. The summed E-state index contributed by atoms with van der Waals surface area (Å²) in [7, 11) is 0. The molecule has 2 aromatic carbocycles. The summed E-state index contributed by atoms with van der Waals surface area (Å²) in [6.45, 7) is 4.20. The first-order valence-corrected chi connectivity index (χ1v) is 11.9. The third kappa shape index (κ3) is 5.42. The van der Waals surface area contributed by atoms with E-state index in [0.717, 1.165) is 22.5 Å². The second-order valence-electron chi connectivity index (χ2n) is 7.94. The van der Waals surface area contributed by atoms with E-state index < -0.39 is 0 Å². The van der Waals surface area contributed by atoms with Gasteiger partial charge in [0.1, 0.15) is 0 Å². The summed E-state index contributed by atoms with van der Waals surface area (Å²) in [5.41, 5.74) is 6.30. The van der Waals surface area contributed by atoms with Gasteiger partial charge in [0, 0.05) is 22.1 Å². The Morgan fingerprint density at radius 3 is 1.43 bits per heavy atom. The molecule has 0 N–H and O–H groups in total. The number of aromatic nitrogens is 2. The summed E-state index contributed by atoms with van der Waals surface area (Å²) < 4.78 is 0. The van der Waals surface area contributed by atoms with Gasteiger partial charge in [-0.15, -0.1) is 31.8 Å². The molecule has 0 unspecified atom stereocenters. The Morgan fingerprint density at radius 2 is 1.03 bits per heavy atom. The first-order chi connectivity index (χ1) is 17.2.